The van der Waals surface area contributed by atoms with Crippen molar-refractivity contribution in [3.63, 3.8) is 0 Å². The molecule has 5 nitrogen and oxygen atoms in total. The lowest BCUT2D eigenvalue weighted by Crippen LogP contribution is -2.33. The number of hydrogen-bond acceptors (Lipinski definition) is 4. The van der Waals surface area contributed by atoms with Gasteiger partial charge in [0.2, 0.25) is 5.91 Å². The quantitative estimate of drug-likeness (QED) is 0.506. The van der Waals surface area contributed by atoms with E-state index in [1.807, 2.05) is 13.0 Å². The van der Waals surface area contributed by atoms with Crippen LogP contribution in [0.3, 0.4) is 0 Å². The first-order valence-electron chi connectivity index (χ1n) is 6.15. The van der Waals surface area contributed by atoms with Crippen molar-refractivity contribution in [2.45, 2.75) is 13.8 Å². The van der Waals surface area contributed by atoms with E-state index in [9.17, 15) is 9.59 Å². The molecule has 112 valence electrons. The molecule has 0 atom stereocenters. The molecule has 1 rings (SSSR count). The summed E-state index contributed by atoms with van der Waals surface area (Å²) in [4.78, 5) is 22.6. The summed E-state index contributed by atoms with van der Waals surface area (Å²) in [5.74, 6) is -1.11. The van der Waals surface area contributed by atoms with Crippen LogP contribution in [0, 0.1) is 6.92 Å². The number of ether oxygens (including phenoxy) is 1. The normalized spacial score (nSPS) is 10.2. The molecular weight excluding hydrogens is 312 g/mol. The highest BCUT2D eigenvalue weighted by atomic mass is 35.5. The van der Waals surface area contributed by atoms with E-state index in [-0.39, 0.29) is 11.7 Å². The third-order valence-electron chi connectivity index (χ3n) is 2.34. The fourth-order valence-corrected chi connectivity index (χ4v) is 1.75. The van der Waals surface area contributed by atoms with E-state index in [1.54, 1.807) is 19.1 Å². The second-order valence-corrected chi connectivity index (χ2v) is 4.83. The Bertz CT molecular complexity index is 588. The van der Waals surface area contributed by atoms with Crippen LogP contribution < -0.4 is 10.6 Å². The van der Waals surface area contributed by atoms with Crippen molar-refractivity contribution < 1.29 is 14.3 Å². The largest absolute Gasteiger partial charge is 0.463 e. The number of benzene rings is 1. The maximum Gasteiger partial charge on any atom is 0.330 e. The molecule has 21 heavy (non-hydrogen) atoms. The zero-order valence-electron chi connectivity index (χ0n) is 11.6. The summed E-state index contributed by atoms with van der Waals surface area (Å²) in [6.45, 7) is 3.81. The molecule has 0 radical (unpaired) electrons. The second-order valence-electron chi connectivity index (χ2n) is 3.99. The van der Waals surface area contributed by atoms with Gasteiger partial charge in [-0.25, -0.2) is 4.79 Å². The molecule has 1 aromatic carbocycles. The minimum atomic E-state index is -0.586. The third-order valence-corrected chi connectivity index (χ3v) is 2.78. The first-order valence-corrected chi connectivity index (χ1v) is 6.94. The topological polar surface area (TPSA) is 67.4 Å². The van der Waals surface area contributed by atoms with E-state index in [0.717, 1.165) is 17.7 Å². The summed E-state index contributed by atoms with van der Waals surface area (Å²) < 4.78 is 4.65. The van der Waals surface area contributed by atoms with Gasteiger partial charge in [0.25, 0.3) is 0 Å². The number of anilines is 1. The average Bonchev–Trinajstić information content (AvgIpc) is 2.41. The average molecular weight is 327 g/mol. The Kier molecular flexibility index (Phi) is 6.84. The molecule has 0 unspecified atom stereocenters. The maximum absolute atomic E-state index is 11.5. The molecule has 0 aliphatic rings. The van der Waals surface area contributed by atoms with E-state index in [1.165, 1.54) is 0 Å². The monoisotopic (exact) mass is 326 g/mol. The lowest BCUT2D eigenvalue weighted by molar-refractivity contribution is -0.137. The number of rotatable bonds is 4. The molecule has 0 aliphatic heterocycles. The fraction of sp³-hybridized carbons (Fsp3) is 0.214. The summed E-state index contributed by atoms with van der Waals surface area (Å²) in [6, 6.07) is 5.28. The molecule has 1 aromatic rings. The van der Waals surface area contributed by atoms with Gasteiger partial charge in [-0.05, 0) is 43.8 Å². The zero-order chi connectivity index (χ0) is 15.8. The maximum atomic E-state index is 11.5. The number of amides is 1. The number of aryl methyl sites for hydroxylation is 1. The van der Waals surface area contributed by atoms with Gasteiger partial charge in [-0.1, -0.05) is 17.7 Å². The smallest absolute Gasteiger partial charge is 0.330 e. The second kappa shape index (κ2) is 8.39. The van der Waals surface area contributed by atoms with Crippen molar-refractivity contribution in [3.8, 4) is 0 Å². The van der Waals surface area contributed by atoms with Crippen molar-refractivity contribution in [3.05, 3.63) is 40.9 Å². The van der Waals surface area contributed by atoms with Crippen molar-refractivity contribution in [2.75, 3.05) is 11.9 Å². The molecule has 0 bridgehead atoms. The Morgan fingerprint density at radius 2 is 2.10 bits per heavy atom. The molecule has 1 amide bonds. The van der Waals surface area contributed by atoms with Gasteiger partial charge in [0.05, 0.1) is 6.61 Å². The van der Waals surface area contributed by atoms with Crippen LogP contribution in [-0.2, 0) is 14.3 Å². The Labute approximate surface area is 133 Å². The van der Waals surface area contributed by atoms with Crippen LogP contribution in [0.5, 0.6) is 0 Å². The SMILES string of the molecule is CCOC(=O)C=CC(=O)NC(=S)Nc1cc(Cl)ccc1C. The van der Waals surface area contributed by atoms with E-state index in [0.29, 0.717) is 10.7 Å². The Morgan fingerprint density at radius 1 is 1.38 bits per heavy atom. The van der Waals surface area contributed by atoms with Crippen LogP contribution in [-0.4, -0.2) is 23.6 Å². The molecular formula is C14H15ClN2O3S. The number of esters is 1. The highest BCUT2D eigenvalue weighted by Gasteiger charge is 2.05. The highest BCUT2D eigenvalue weighted by Crippen LogP contribution is 2.19. The Morgan fingerprint density at radius 3 is 2.76 bits per heavy atom. The molecule has 0 aromatic heterocycles. The van der Waals surface area contributed by atoms with E-state index >= 15 is 0 Å². The molecule has 7 heteroatoms. The van der Waals surface area contributed by atoms with Crippen molar-refractivity contribution >= 4 is 46.5 Å². The van der Waals surface area contributed by atoms with Crippen molar-refractivity contribution in [2.24, 2.45) is 0 Å². The minimum absolute atomic E-state index is 0.110. The number of thiocarbonyl (C=S) groups is 1. The summed E-state index contributed by atoms with van der Waals surface area (Å²) in [7, 11) is 0. The molecule has 0 saturated carbocycles. The van der Waals surface area contributed by atoms with Crippen LogP contribution in [0.15, 0.2) is 30.4 Å². The van der Waals surface area contributed by atoms with Gasteiger partial charge in [0.15, 0.2) is 5.11 Å². The molecule has 0 aliphatic carbocycles. The van der Waals surface area contributed by atoms with Gasteiger partial charge in [0, 0.05) is 22.9 Å². The molecule has 0 spiro atoms. The van der Waals surface area contributed by atoms with E-state index < -0.39 is 11.9 Å². The molecule has 2 N–H and O–H groups in total. The number of nitrogens with one attached hydrogen (secondary N) is 2. The van der Waals surface area contributed by atoms with E-state index in [4.69, 9.17) is 23.8 Å². The molecule has 0 fully saturated rings. The standard InChI is InChI=1S/C14H15ClN2O3S/c1-3-20-13(19)7-6-12(18)17-14(21)16-11-8-10(15)5-4-9(11)2/h4-8H,3H2,1-2H3,(H2,16,17,18,21). The van der Waals surface area contributed by atoms with Gasteiger partial charge in [-0.3, -0.25) is 10.1 Å². The van der Waals surface area contributed by atoms with Crippen LogP contribution in [0.2, 0.25) is 5.02 Å². The number of carbonyl (C=O) groups excluding carboxylic acids is 2. The summed E-state index contributed by atoms with van der Waals surface area (Å²) in [5, 5.41) is 5.94. The van der Waals surface area contributed by atoms with E-state index in [2.05, 4.69) is 15.4 Å². The first kappa shape index (κ1) is 17.1. The van der Waals surface area contributed by atoms with Crippen LogP contribution in [0.4, 0.5) is 5.69 Å². The van der Waals surface area contributed by atoms with Gasteiger partial charge in [0.1, 0.15) is 0 Å². The lowest BCUT2D eigenvalue weighted by atomic mass is 10.2. The summed E-state index contributed by atoms with van der Waals surface area (Å²) in [6.07, 6.45) is 2.09. The van der Waals surface area contributed by atoms with Gasteiger partial charge in [-0.15, -0.1) is 0 Å². The highest BCUT2D eigenvalue weighted by molar-refractivity contribution is 7.80. The Hall–Kier alpha value is -1.92. The zero-order valence-corrected chi connectivity index (χ0v) is 13.2. The minimum Gasteiger partial charge on any atom is -0.463 e. The summed E-state index contributed by atoms with van der Waals surface area (Å²) in [5.41, 5.74) is 1.63. The van der Waals surface area contributed by atoms with Gasteiger partial charge in [-0.2, -0.15) is 0 Å². The van der Waals surface area contributed by atoms with Crippen molar-refractivity contribution in [1.82, 2.24) is 5.32 Å². The van der Waals surface area contributed by atoms with Crippen LogP contribution >= 0.6 is 23.8 Å². The molecule has 0 saturated heterocycles. The van der Waals surface area contributed by atoms with Gasteiger partial charge < -0.3 is 10.1 Å². The first-order chi connectivity index (χ1) is 9.92. The van der Waals surface area contributed by atoms with Crippen molar-refractivity contribution in [1.29, 1.82) is 0 Å². The number of halogens is 1. The lowest BCUT2D eigenvalue weighted by Gasteiger charge is -2.11. The van der Waals surface area contributed by atoms with Crippen LogP contribution in [0.25, 0.3) is 0 Å². The number of hydrogen-bond donors (Lipinski definition) is 2. The van der Waals surface area contributed by atoms with Crippen LogP contribution in [0.1, 0.15) is 12.5 Å². The number of carbonyl (C=O) groups is 2. The molecule has 0 heterocycles. The van der Waals surface area contributed by atoms with Gasteiger partial charge >= 0.3 is 5.97 Å². The third kappa shape index (κ3) is 6.37. The fourth-order valence-electron chi connectivity index (χ4n) is 1.37. The summed E-state index contributed by atoms with van der Waals surface area (Å²) >= 11 is 10.9. The Balaban J connectivity index is 2.55. The predicted molar refractivity (Wildman–Crippen MR) is 86.3 cm³/mol. The predicted octanol–water partition coefficient (Wildman–Crippen LogP) is 2.58.